The van der Waals surface area contributed by atoms with Crippen LogP contribution in [0.15, 0.2) is 0 Å². The van der Waals surface area contributed by atoms with Crippen molar-refractivity contribution in [2.45, 2.75) is 40.0 Å². The number of nitrogens with one attached hydrogen (secondary N) is 1. The van der Waals surface area contributed by atoms with Crippen LogP contribution >= 0.6 is 0 Å². The zero-order valence-electron chi connectivity index (χ0n) is 7.35. The molecule has 2 atom stereocenters. The molecule has 0 bridgehead atoms. The van der Waals surface area contributed by atoms with Gasteiger partial charge in [0, 0.05) is 0 Å². The summed E-state index contributed by atoms with van der Waals surface area (Å²) in [6.45, 7) is 6.60. The Morgan fingerprint density at radius 1 is 1.40 bits per heavy atom. The van der Waals surface area contributed by atoms with Gasteiger partial charge in [-0.3, -0.25) is 0 Å². The van der Waals surface area contributed by atoms with Gasteiger partial charge in [-0.2, -0.15) is 0 Å². The topological polar surface area (TPSA) is 23.9 Å². The summed E-state index contributed by atoms with van der Waals surface area (Å²) in [4.78, 5) is 0. The van der Waals surface area contributed by atoms with Crippen molar-refractivity contribution < 1.29 is 0 Å². The third kappa shape index (κ3) is 3.00. The van der Waals surface area contributed by atoms with Crippen molar-refractivity contribution in [3.63, 3.8) is 0 Å². The Bertz CT molecular complexity index is 88.7. The van der Waals surface area contributed by atoms with Crippen molar-refractivity contribution in [1.82, 2.24) is 0 Å². The van der Waals surface area contributed by atoms with E-state index in [4.69, 9.17) is 5.41 Å². The first kappa shape index (κ1) is 9.67. The maximum Gasteiger partial charge on any atom is -0.00141 e. The SMILES string of the molecule is CCCC(C=N)C(C)CC. The molecule has 0 aliphatic carbocycles. The second-order valence-corrected chi connectivity index (χ2v) is 3.00. The number of hydrogen-bond acceptors (Lipinski definition) is 1. The first-order valence-electron chi connectivity index (χ1n) is 4.26. The molecule has 60 valence electrons. The van der Waals surface area contributed by atoms with Crippen LogP contribution in [-0.2, 0) is 0 Å². The van der Waals surface area contributed by atoms with E-state index in [2.05, 4.69) is 20.8 Å². The van der Waals surface area contributed by atoms with Crippen LogP contribution in [0.2, 0.25) is 0 Å². The van der Waals surface area contributed by atoms with E-state index in [0.29, 0.717) is 11.8 Å². The predicted octanol–water partition coefficient (Wildman–Crippen LogP) is 3.10. The van der Waals surface area contributed by atoms with E-state index < -0.39 is 0 Å². The summed E-state index contributed by atoms with van der Waals surface area (Å²) in [7, 11) is 0. The van der Waals surface area contributed by atoms with Gasteiger partial charge in [0.05, 0.1) is 0 Å². The molecule has 0 saturated carbocycles. The highest BCUT2D eigenvalue weighted by atomic mass is 14.4. The van der Waals surface area contributed by atoms with Crippen molar-refractivity contribution in [2.75, 3.05) is 0 Å². The monoisotopic (exact) mass is 141 g/mol. The van der Waals surface area contributed by atoms with E-state index >= 15 is 0 Å². The zero-order valence-corrected chi connectivity index (χ0v) is 7.35. The third-order valence-corrected chi connectivity index (χ3v) is 2.21. The summed E-state index contributed by atoms with van der Waals surface area (Å²) in [5.74, 6) is 1.22. The molecule has 0 spiro atoms. The van der Waals surface area contributed by atoms with Crippen molar-refractivity contribution in [2.24, 2.45) is 11.8 Å². The molecule has 0 aromatic carbocycles. The maximum absolute atomic E-state index is 7.17. The fourth-order valence-corrected chi connectivity index (χ4v) is 1.17. The highest BCUT2D eigenvalue weighted by molar-refractivity contribution is 5.57. The van der Waals surface area contributed by atoms with Crippen LogP contribution in [0.25, 0.3) is 0 Å². The van der Waals surface area contributed by atoms with Crippen LogP contribution in [0, 0.1) is 17.2 Å². The highest BCUT2D eigenvalue weighted by Crippen LogP contribution is 2.17. The molecule has 0 saturated heterocycles. The number of rotatable bonds is 5. The van der Waals surface area contributed by atoms with Crippen molar-refractivity contribution in [3.8, 4) is 0 Å². The lowest BCUT2D eigenvalue weighted by Gasteiger charge is -2.16. The average Bonchev–Trinajstić information content (AvgIpc) is 1.99. The molecule has 0 aromatic heterocycles. The Labute approximate surface area is 64.3 Å². The maximum atomic E-state index is 7.17. The van der Waals surface area contributed by atoms with E-state index in [1.165, 1.54) is 19.3 Å². The molecule has 0 heterocycles. The summed E-state index contributed by atoms with van der Waals surface area (Å²) in [6, 6.07) is 0. The normalized spacial score (nSPS) is 16.3. The van der Waals surface area contributed by atoms with Gasteiger partial charge >= 0.3 is 0 Å². The molecular formula is C9H19N. The van der Waals surface area contributed by atoms with Gasteiger partial charge in [-0.15, -0.1) is 0 Å². The molecule has 0 fully saturated rings. The Hall–Kier alpha value is -0.330. The molecular weight excluding hydrogens is 122 g/mol. The van der Waals surface area contributed by atoms with Gasteiger partial charge in [0.25, 0.3) is 0 Å². The number of hydrogen-bond donors (Lipinski definition) is 1. The van der Waals surface area contributed by atoms with E-state index in [1.807, 2.05) is 0 Å². The smallest absolute Gasteiger partial charge is 0.00141 e. The highest BCUT2D eigenvalue weighted by Gasteiger charge is 2.10. The summed E-state index contributed by atoms with van der Waals surface area (Å²) < 4.78 is 0. The molecule has 10 heavy (non-hydrogen) atoms. The predicted molar refractivity (Wildman–Crippen MR) is 46.6 cm³/mol. The van der Waals surface area contributed by atoms with Gasteiger partial charge in [0.2, 0.25) is 0 Å². The minimum absolute atomic E-state index is 0.523. The van der Waals surface area contributed by atoms with Gasteiger partial charge in [0.1, 0.15) is 0 Å². The zero-order chi connectivity index (χ0) is 7.98. The van der Waals surface area contributed by atoms with Gasteiger partial charge in [0.15, 0.2) is 0 Å². The van der Waals surface area contributed by atoms with Gasteiger partial charge < -0.3 is 5.41 Å². The second-order valence-electron chi connectivity index (χ2n) is 3.00. The summed E-state index contributed by atoms with van der Waals surface area (Å²) >= 11 is 0. The van der Waals surface area contributed by atoms with E-state index in [-0.39, 0.29) is 0 Å². The molecule has 0 aliphatic rings. The standard InChI is InChI=1S/C9H19N/c1-4-6-9(7-10)8(3)5-2/h7-10H,4-6H2,1-3H3. The van der Waals surface area contributed by atoms with Crippen molar-refractivity contribution in [1.29, 1.82) is 5.41 Å². The van der Waals surface area contributed by atoms with Gasteiger partial charge in [-0.1, -0.05) is 33.6 Å². The van der Waals surface area contributed by atoms with Gasteiger partial charge in [-0.05, 0) is 24.5 Å². The minimum Gasteiger partial charge on any atom is -0.313 e. The van der Waals surface area contributed by atoms with Crippen LogP contribution in [0.1, 0.15) is 40.0 Å². The summed E-state index contributed by atoms with van der Waals surface area (Å²) in [5, 5.41) is 7.17. The molecule has 1 heteroatoms. The molecule has 0 radical (unpaired) electrons. The Morgan fingerprint density at radius 3 is 2.30 bits per heavy atom. The lowest BCUT2D eigenvalue weighted by molar-refractivity contribution is 0.419. The molecule has 2 unspecified atom stereocenters. The van der Waals surface area contributed by atoms with Crippen LogP contribution in [0.4, 0.5) is 0 Å². The quantitative estimate of drug-likeness (QED) is 0.569. The van der Waals surface area contributed by atoms with Gasteiger partial charge in [-0.25, -0.2) is 0 Å². The summed E-state index contributed by atoms with van der Waals surface area (Å²) in [6.07, 6.45) is 5.18. The van der Waals surface area contributed by atoms with Crippen molar-refractivity contribution in [3.05, 3.63) is 0 Å². The second kappa shape index (κ2) is 5.45. The van der Waals surface area contributed by atoms with Crippen LogP contribution < -0.4 is 0 Å². The lowest BCUT2D eigenvalue weighted by atomic mass is 9.89. The van der Waals surface area contributed by atoms with E-state index in [9.17, 15) is 0 Å². The minimum atomic E-state index is 0.523. The third-order valence-electron chi connectivity index (χ3n) is 2.21. The Balaban J connectivity index is 3.67. The Kier molecular flexibility index (Phi) is 5.27. The lowest BCUT2D eigenvalue weighted by Crippen LogP contribution is -2.11. The molecule has 0 aliphatic heterocycles. The first-order chi connectivity index (χ1) is 4.76. The van der Waals surface area contributed by atoms with E-state index in [1.54, 1.807) is 6.21 Å². The summed E-state index contributed by atoms with van der Waals surface area (Å²) in [5.41, 5.74) is 0. The molecule has 1 N–H and O–H groups in total. The first-order valence-corrected chi connectivity index (χ1v) is 4.26. The molecule has 0 aromatic rings. The molecule has 0 amide bonds. The fraction of sp³-hybridized carbons (Fsp3) is 0.889. The Morgan fingerprint density at radius 2 is 2.00 bits per heavy atom. The van der Waals surface area contributed by atoms with Crippen molar-refractivity contribution >= 4 is 6.21 Å². The largest absolute Gasteiger partial charge is 0.313 e. The van der Waals surface area contributed by atoms with E-state index in [0.717, 1.165) is 0 Å². The van der Waals surface area contributed by atoms with Crippen LogP contribution in [0.5, 0.6) is 0 Å². The van der Waals surface area contributed by atoms with Crippen LogP contribution in [0.3, 0.4) is 0 Å². The fourth-order valence-electron chi connectivity index (χ4n) is 1.17. The molecule has 1 nitrogen and oxygen atoms in total. The van der Waals surface area contributed by atoms with Crippen LogP contribution in [-0.4, -0.2) is 6.21 Å². The molecule has 0 rings (SSSR count). The average molecular weight is 141 g/mol.